The van der Waals surface area contributed by atoms with Crippen LogP contribution in [0.5, 0.6) is 0 Å². The van der Waals surface area contributed by atoms with Gasteiger partial charge in [0.25, 0.3) is 0 Å². The van der Waals surface area contributed by atoms with E-state index in [1.54, 1.807) is 23.5 Å². The van der Waals surface area contributed by atoms with Crippen molar-refractivity contribution in [3.8, 4) is 6.07 Å². The minimum absolute atomic E-state index is 0.557. The molecule has 15 heavy (non-hydrogen) atoms. The molecule has 0 aliphatic carbocycles. The van der Waals surface area contributed by atoms with E-state index in [0.717, 1.165) is 11.4 Å². The van der Waals surface area contributed by atoms with Crippen LogP contribution >= 0.6 is 11.3 Å². The number of anilines is 3. The molecule has 0 bridgehead atoms. The topological polar surface area (TPSA) is 61.8 Å². The fraction of sp³-hybridized carbons (Fsp3) is 0. The summed E-state index contributed by atoms with van der Waals surface area (Å²) in [4.78, 5) is 0. The molecule has 0 amide bonds. The number of hydrogen-bond acceptors (Lipinski definition) is 4. The van der Waals surface area contributed by atoms with Crippen molar-refractivity contribution < 1.29 is 0 Å². The second kappa shape index (κ2) is 4.03. The number of rotatable bonds is 2. The molecule has 0 saturated heterocycles. The molecule has 3 N–H and O–H groups in total. The van der Waals surface area contributed by atoms with Gasteiger partial charge in [0, 0.05) is 16.8 Å². The predicted molar refractivity (Wildman–Crippen MR) is 63.2 cm³/mol. The van der Waals surface area contributed by atoms with Crippen molar-refractivity contribution in [2.24, 2.45) is 0 Å². The van der Waals surface area contributed by atoms with Crippen molar-refractivity contribution in [3.63, 3.8) is 0 Å². The van der Waals surface area contributed by atoms with Gasteiger partial charge in [-0.1, -0.05) is 0 Å². The highest BCUT2D eigenvalue weighted by Crippen LogP contribution is 2.23. The molecule has 0 aliphatic heterocycles. The average Bonchev–Trinajstić information content (AvgIpc) is 2.73. The molecule has 4 heteroatoms. The van der Waals surface area contributed by atoms with Crippen LogP contribution < -0.4 is 11.1 Å². The van der Waals surface area contributed by atoms with Crippen molar-refractivity contribution in [2.75, 3.05) is 11.1 Å². The molecule has 1 aromatic carbocycles. The first kappa shape index (κ1) is 9.56. The Morgan fingerprint density at radius 3 is 2.87 bits per heavy atom. The zero-order valence-corrected chi connectivity index (χ0v) is 8.71. The molecular formula is C11H9N3S. The summed E-state index contributed by atoms with van der Waals surface area (Å²) < 4.78 is 0. The second-order valence-corrected chi connectivity index (χ2v) is 3.83. The average molecular weight is 215 g/mol. The standard InChI is InChI=1S/C11H9N3S/c12-6-8-5-9(13)1-2-11(8)14-10-3-4-15-7-10/h1-5,7,14H,13H2. The first-order valence-corrected chi connectivity index (χ1v) is 5.33. The molecule has 0 saturated carbocycles. The van der Waals surface area contributed by atoms with Crippen molar-refractivity contribution in [1.82, 2.24) is 0 Å². The van der Waals surface area contributed by atoms with Gasteiger partial charge in [0.05, 0.1) is 11.3 Å². The largest absolute Gasteiger partial charge is 0.399 e. The number of nitrogen functional groups attached to an aromatic ring is 1. The number of nitriles is 1. The molecule has 0 radical (unpaired) electrons. The van der Waals surface area contributed by atoms with Crippen molar-refractivity contribution in [1.29, 1.82) is 5.26 Å². The van der Waals surface area contributed by atoms with Gasteiger partial charge < -0.3 is 11.1 Å². The molecule has 1 heterocycles. The van der Waals surface area contributed by atoms with Crippen LogP contribution in [-0.2, 0) is 0 Å². The lowest BCUT2D eigenvalue weighted by atomic mass is 10.1. The van der Waals surface area contributed by atoms with Crippen molar-refractivity contribution >= 4 is 28.4 Å². The maximum atomic E-state index is 8.93. The fourth-order valence-electron chi connectivity index (χ4n) is 1.25. The second-order valence-electron chi connectivity index (χ2n) is 3.05. The summed E-state index contributed by atoms with van der Waals surface area (Å²) in [5, 5.41) is 16.1. The van der Waals surface area contributed by atoms with Gasteiger partial charge in [-0.3, -0.25) is 0 Å². The van der Waals surface area contributed by atoms with E-state index < -0.39 is 0 Å². The zero-order valence-electron chi connectivity index (χ0n) is 7.90. The number of hydrogen-bond donors (Lipinski definition) is 2. The van der Waals surface area contributed by atoms with Crippen LogP contribution in [0.4, 0.5) is 17.1 Å². The Morgan fingerprint density at radius 2 is 2.20 bits per heavy atom. The molecule has 0 atom stereocenters. The Morgan fingerprint density at radius 1 is 1.33 bits per heavy atom. The van der Waals surface area contributed by atoms with E-state index in [0.29, 0.717) is 11.3 Å². The molecule has 0 unspecified atom stereocenters. The molecule has 1 aromatic heterocycles. The highest BCUT2D eigenvalue weighted by molar-refractivity contribution is 7.08. The van der Waals surface area contributed by atoms with E-state index in [4.69, 9.17) is 11.0 Å². The third kappa shape index (κ3) is 2.09. The monoisotopic (exact) mass is 215 g/mol. The molecule has 0 fully saturated rings. The van der Waals surface area contributed by atoms with Crippen LogP contribution in [0.25, 0.3) is 0 Å². The molecule has 74 valence electrons. The van der Waals surface area contributed by atoms with Gasteiger partial charge in [0.2, 0.25) is 0 Å². The molecule has 0 aliphatic rings. The van der Waals surface area contributed by atoms with Gasteiger partial charge in [-0.25, -0.2) is 0 Å². The number of nitrogens with zero attached hydrogens (tertiary/aromatic N) is 1. The third-order valence-corrected chi connectivity index (χ3v) is 2.65. The summed E-state index contributed by atoms with van der Waals surface area (Å²) in [6, 6.07) is 9.32. The molecule has 2 aromatic rings. The Hall–Kier alpha value is -1.99. The van der Waals surface area contributed by atoms with Gasteiger partial charge in [0.1, 0.15) is 6.07 Å². The summed E-state index contributed by atoms with van der Waals surface area (Å²) in [7, 11) is 0. The Labute approximate surface area is 91.8 Å². The van der Waals surface area contributed by atoms with E-state index >= 15 is 0 Å². The Balaban J connectivity index is 2.33. The lowest BCUT2D eigenvalue weighted by molar-refractivity contribution is 1.47. The summed E-state index contributed by atoms with van der Waals surface area (Å²) >= 11 is 1.61. The molecule has 2 rings (SSSR count). The van der Waals surface area contributed by atoms with E-state index in [9.17, 15) is 0 Å². The van der Waals surface area contributed by atoms with Crippen LogP contribution in [-0.4, -0.2) is 0 Å². The van der Waals surface area contributed by atoms with E-state index in [-0.39, 0.29) is 0 Å². The first-order chi connectivity index (χ1) is 7.29. The number of benzene rings is 1. The minimum atomic E-state index is 0.557. The van der Waals surface area contributed by atoms with Gasteiger partial charge in [-0.15, -0.1) is 0 Å². The fourth-order valence-corrected chi connectivity index (χ4v) is 1.84. The summed E-state index contributed by atoms with van der Waals surface area (Å²) in [5.41, 5.74) is 8.53. The van der Waals surface area contributed by atoms with E-state index in [1.807, 2.05) is 22.9 Å². The highest BCUT2D eigenvalue weighted by atomic mass is 32.1. The summed E-state index contributed by atoms with van der Waals surface area (Å²) in [6.45, 7) is 0. The minimum Gasteiger partial charge on any atom is -0.399 e. The predicted octanol–water partition coefficient (Wildman–Crippen LogP) is 2.95. The van der Waals surface area contributed by atoms with Gasteiger partial charge >= 0.3 is 0 Å². The van der Waals surface area contributed by atoms with E-state index in [1.165, 1.54) is 0 Å². The van der Waals surface area contributed by atoms with Crippen LogP contribution in [0.1, 0.15) is 5.56 Å². The summed E-state index contributed by atoms with van der Waals surface area (Å²) in [5.74, 6) is 0. The van der Waals surface area contributed by atoms with Crippen LogP contribution in [0.3, 0.4) is 0 Å². The van der Waals surface area contributed by atoms with Crippen molar-refractivity contribution in [2.45, 2.75) is 0 Å². The maximum absolute atomic E-state index is 8.93. The number of nitrogens with two attached hydrogens (primary N) is 1. The molecule has 0 spiro atoms. The summed E-state index contributed by atoms with van der Waals surface area (Å²) in [6.07, 6.45) is 0. The lowest BCUT2D eigenvalue weighted by Gasteiger charge is -2.06. The van der Waals surface area contributed by atoms with Crippen LogP contribution in [0.2, 0.25) is 0 Å². The Kier molecular flexibility index (Phi) is 2.57. The SMILES string of the molecule is N#Cc1cc(N)ccc1Nc1ccsc1. The van der Waals surface area contributed by atoms with Crippen LogP contribution in [0, 0.1) is 11.3 Å². The van der Waals surface area contributed by atoms with E-state index in [2.05, 4.69) is 11.4 Å². The van der Waals surface area contributed by atoms with Gasteiger partial charge in [-0.2, -0.15) is 16.6 Å². The van der Waals surface area contributed by atoms with Crippen molar-refractivity contribution in [3.05, 3.63) is 40.6 Å². The molecule has 3 nitrogen and oxygen atoms in total. The smallest absolute Gasteiger partial charge is 0.101 e. The highest BCUT2D eigenvalue weighted by Gasteiger charge is 2.02. The third-order valence-electron chi connectivity index (χ3n) is 1.96. The number of thiophene rings is 1. The quantitative estimate of drug-likeness (QED) is 0.757. The van der Waals surface area contributed by atoms with Gasteiger partial charge in [0.15, 0.2) is 0 Å². The first-order valence-electron chi connectivity index (χ1n) is 4.38. The van der Waals surface area contributed by atoms with Gasteiger partial charge in [-0.05, 0) is 29.6 Å². The zero-order chi connectivity index (χ0) is 10.7. The number of nitrogens with one attached hydrogen (secondary N) is 1. The maximum Gasteiger partial charge on any atom is 0.101 e. The van der Waals surface area contributed by atoms with Crippen LogP contribution in [0.15, 0.2) is 35.0 Å². The lowest BCUT2D eigenvalue weighted by Crippen LogP contribution is -1.94. The Bertz CT molecular complexity index is 497. The normalized spacial score (nSPS) is 9.53. The molecular weight excluding hydrogens is 206 g/mol.